The molecule has 0 radical (unpaired) electrons. The van der Waals surface area contributed by atoms with Gasteiger partial charge in [-0.1, -0.05) is 19.1 Å². The predicted octanol–water partition coefficient (Wildman–Crippen LogP) is 3.29. The molecule has 0 spiro atoms. The summed E-state index contributed by atoms with van der Waals surface area (Å²) in [6.45, 7) is 3.77. The van der Waals surface area contributed by atoms with E-state index in [-0.39, 0.29) is 11.9 Å². The quantitative estimate of drug-likeness (QED) is 0.708. The number of carbonyl (C=O) groups is 1. The van der Waals surface area contributed by atoms with Crippen molar-refractivity contribution in [2.24, 2.45) is 0 Å². The number of hydrogen-bond acceptors (Lipinski definition) is 5. The molecule has 2 rings (SSSR count). The lowest BCUT2D eigenvalue weighted by atomic mass is 10.0. The molecule has 2 aromatic carbocycles. The Balaban J connectivity index is 2.31. The molecule has 1 N–H and O–H groups in total. The van der Waals surface area contributed by atoms with Crippen molar-refractivity contribution < 1.29 is 22.7 Å². The van der Waals surface area contributed by atoms with E-state index in [4.69, 9.17) is 9.47 Å². The van der Waals surface area contributed by atoms with Crippen LogP contribution in [0.5, 0.6) is 11.5 Å². The number of aryl methyl sites for hydroxylation is 1. The Hall–Kier alpha value is -2.74. The molecule has 29 heavy (non-hydrogen) atoms. The summed E-state index contributed by atoms with van der Waals surface area (Å²) in [6.07, 6.45) is 1.80. The Bertz CT molecular complexity index is 989. The van der Waals surface area contributed by atoms with Crippen molar-refractivity contribution in [3.63, 3.8) is 0 Å². The predicted molar refractivity (Wildman–Crippen MR) is 114 cm³/mol. The van der Waals surface area contributed by atoms with Crippen LogP contribution in [0, 0.1) is 6.92 Å². The summed E-state index contributed by atoms with van der Waals surface area (Å²) >= 11 is 0. The summed E-state index contributed by atoms with van der Waals surface area (Å²) in [7, 11) is 1.17. The molecule has 8 heteroatoms. The maximum absolute atomic E-state index is 12.9. The van der Waals surface area contributed by atoms with E-state index in [1.807, 2.05) is 19.1 Å². The highest BCUT2D eigenvalue weighted by atomic mass is 32.2. The first-order valence-electron chi connectivity index (χ1n) is 9.19. The van der Waals surface area contributed by atoms with Crippen molar-refractivity contribution in [1.82, 2.24) is 5.32 Å². The second-order valence-electron chi connectivity index (χ2n) is 6.78. The maximum Gasteiger partial charge on any atom is 0.251 e. The van der Waals surface area contributed by atoms with Crippen LogP contribution in [-0.4, -0.2) is 41.8 Å². The lowest BCUT2D eigenvalue weighted by Crippen LogP contribution is -2.29. The van der Waals surface area contributed by atoms with E-state index in [0.29, 0.717) is 29.2 Å². The second-order valence-corrected chi connectivity index (χ2v) is 8.79. The third-order valence-corrected chi connectivity index (χ3v) is 6.02. The molecule has 0 bridgehead atoms. The van der Waals surface area contributed by atoms with Gasteiger partial charge in [0.25, 0.3) is 5.91 Å². The summed E-state index contributed by atoms with van der Waals surface area (Å²) in [6, 6.07) is 10.3. The topological polar surface area (TPSA) is 84.9 Å². The molecule has 0 aliphatic carbocycles. The Morgan fingerprint density at radius 1 is 1.10 bits per heavy atom. The van der Waals surface area contributed by atoms with Crippen LogP contribution >= 0.6 is 0 Å². The first-order valence-corrected chi connectivity index (χ1v) is 11.0. The molecular weight excluding hydrogens is 392 g/mol. The van der Waals surface area contributed by atoms with Crippen molar-refractivity contribution in [1.29, 1.82) is 0 Å². The average molecular weight is 421 g/mol. The molecule has 7 nitrogen and oxygen atoms in total. The average Bonchev–Trinajstić information content (AvgIpc) is 2.70. The zero-order valence-corrected chi connectivity index (χ0v) is 18.5. The van der Waals surface area contributed by atoms with Gasteiger partial charge in [0, 0.05) is 12.6 Å². The number of sulfonamides is 1. The van der Waals surface area contributed by atoms with Gasteiger partial charge in [-0.3, -0.25) is 9.10 Å². The van der Waals surface area contributed by atoms with Gasteiger partial charge in [-0.25, -0.2) is 8.42 Å². The van der Waals surface area contributed by atoms with Gasteiger partial charge in [-0.15, -0.1) is 0 Å². The normalized spacial score (nSPS) is 12.2. The Labute approximate surface area is 172 Å². The molecule has 0 saturated carbocycles. The number of rotatable bonds is 8. The van der Waals surface area contributed by atoms with Gasteiger partial charge in [0.05, 0.1) is 32.2 Å². The highest BCUT2D eigenvalue weighted by Crippen LogP contribution is 2.31. The zero-order chi connectivity index (χ0) is 21.8. The minimum absolute atomic E-state index is 0.236. The molecule has 1 atom stereocenters. The van der Waals surface area contributed by atoms with Crippen molar-refractivity contribution >= 4 is 21.6 Å². The van der Waals surface area contributed by atoms with Crippen LogP contribution in [0.15, 0.2) is 36.4 Å². The fourth-order valence-electron chi connectivity index (χ4n) is 3.00. The van der Waals surface area contributed by atoms with E-state index in [1.165, 1.54) is 11.4 Å². The van der Waals surface area contributed by atoms with Crippen LogP contribution < -0.4 is 19.1 Å². The first kappa shape index (κ1) is 22.5. The fourth-order valence-corrected chi connectivity index (χ4v) is 3.55. The van der Waals surface area contributed by atoms with Crippen LogP contribution in [0.4, 0.5) is 5.69 Å². The maximum atomic E-state index is 12.9. The molecule has 0 saturated heterocycles. The number of benzene rings is 2. The lowest BCUT2D eigenvalue weighted by molar-refractivity contribution is 0.0935. The number of nitrogens with one attached hydrogen (secondary N) is 1. The van der Waals surface area contributed by atoms with E-state index in [2.05, 4.69) is 5.32 Å². The molecule has 0 fully saturated rings. The Kier molecular flexibility index (Phi) is 7.13. The van der Waals surface area contributed by atoms with Gasteiger partial charge >= 0.3 is 0 Å². The standard InChI is InChI=1S/C21H28N2O5S/c1-7-17(15-10-11-19(27-4)20(13-15)28-5)22-21(24)16-9-8-14(2)18(12-16)23(3)29(6,25)26/h8-13,17H,7H2,1-6H3,(H,22,24)/t17-/m0/s1. The summed E-state index contributed by atoms with van der Waals surface area (Å²) in [5.41, 5.74) is 2.51. The van der Waals surface area contributed by atoms with Crippen LogP contribution in [-0.2, 0) is 10.0 Å². The van der Waals surface area contributed by atoms with E-state index in [0.717, 1.165) is 17.4 Å². The molecule has 2 aromatic rings. The molecule has 0 heterocycles. The van der Waals surface area contributed by atoms with Crippen molar-refractivity contribution in [2.75, 3.05) is 31.8 Å². The minimum Gasteiger partial charge on any atom is -0.493 e. The largest absolute Gasteiger partial charge is 0.493 e. The summed E-state index contributed by atoms with van der Waals surface area (Å²) in [4.78, 5) is 12.9. The molecular formula is C21H28N2O5S. The van der Waals surface area contributed by atoms with Gasteiger partial charge < -0.3 is 14.8 Å². The summed E-state index contributed by atoms with van der Waals surface area (Å²) in [5.74, 6) is 0.921. The molecule has 0 aliphatic rings. The SMILES string of the molecule is CC[C@H](NC(=O)c1ccc(C)c(N(C)S(C)(=O)=O)c1)c1ccc(OC)c(OC)c1. The molecule has 0 aliphatic heterocycles. The highest BCUT2D eigenvalue weighted by molar-refractivity contribution is 7.92. The number of nitrogens with zero attached hydrogens (tertiary/aromatic N) is 1. The van der Waals surface area contributed by atoms with E-state index < -0.39 is 10.0 Å². The Morgan fingerprint density at radius 2 is 1.76 bits per heavy atom. The minimum atomic E-state index is -3.43. The number of methoxy groups -OCH3 is 2. The number of hydrogen-bond donors (Lipinski definition) is 1. The van der Waals surface area contributed by atoms with Crippen molar-refractivity contribution in [3.8, 4) is 11.5 Å². The van der Waals surface area contributed by atoms with Gasteiger partial charge in [0.15, 0.2) is 11.5 Å². The van der Waals surface area contributed by atoms with Crippen LogP contribution in [0.25, 0.3) is 0 Å². The fraction of sp³-hybridized carbons (Fsp3) is 0.381. The molecule has 1 amide bonds. The number of ether oxygens (including phenoxy) is 2. The third-order valence-electron chi connectivity index (χ3n) is 4.83. The summed E-state index contributed by atoms with van der Waals surface area (Å²) < 4.78 is 35.6. The monoisotopic (exact) mass is 420 g/mol. The van der Waals surface area contributed by atoms with Gasteiger partial charge in [-0.05, 0) is 48.7 Å². The van der Waals surface area contributed by atoms with Crippen LogP contribution in [0.3, 0.4) is 0 Å². The molecule has 158 valence electrons. The number of amides is 1. The molecule has 0 aromatic heterocycles. The van der Waals surface area contributed by atoms with Gasteiger partial charge in [0.2, 0.25) is 10.0 Å². The van der Waals surface area contributed by atoms with Crippen molar-refractivity contribution in [2.45, 2.75) is 26.3 Å². The van der Waals surface area contributed by atoms with E-state index in [9.17, 15) is 13.2 Å². The van der Waals surface area contributed by atoms with Gasteiger partial charge in [-0.2, -0.15) is 0 Å². The lowest BCUT2D eigenvalue weighted by Gasteiger charge is -2.21. The second kappa shape index (κ2) is 9.17. The highest BCUT2D eigenvalue weighted by Gasteiger charge is 2.19. The van der Waals surface area contributed by atoms with Gasteiger partial charge in [0.1, 0.15) is 0 Å². The Morgan fingerprint density at radius 3 is 2.31 bits per heavy atom. The molecule has 0 unspecified atom stereocenters. The van der Waals surface area contributed by atoms with Crippen LogP contribution in [0.1, 0.15) is 40.9 Å². The van der Waals surface area contributed by atoms with Crippen molar-refractivity contribution in [3.05, 3.63) is 53.1 Å². The zero-order valence-electron chi connectivity index (χ0n) is 17.6. The third kappa shape index (κ3) is 5.20. The number of anilines is 1. The smallest absolute Gasteiger partial charge is 0.251 e. The summed E-state index contributed by atoms with van der Waals surface area (Å²) in [5, 5.41) is 3.01. The van der Waals surface area contributed by atoms with Crippen LogP contribution in [0.2, 0.25) is 0 Å². The number of carbonyl (C=O) groups excluding carboxylic acids is 1. The first-order chi connectivity index (χ1) is 13.6. The van der Waals surface area contributed by atoms with E-state index >= 15 is 0 Å². The van der Waals surface area contributed by atoms with E-state index in [1.54, 1.807) is 45.4 Å².